The third kappa shape index (κ3) is 6.32. The van der Waals surface area contributed by atoms with Gasteiger partial charge >= 0.3 is 0 Å². The molecule has 0 aliphatic carbocycles. The Hall–Kier alpha value is -4.91. The van der Waals surface area contributed by atoms with Gasteiger partial charge in [0.05, 0.1) is 25.9 Å². The van der Waals surface area contributed by atoms with Crippen molar-refractivity contribution in [1.29, 1.82) is 0 Å². The number of benzene rings is 2. The van der Waals surface area contributed by atoms with Crippen LogP contribution in [0.3, 0.4) is 0 Å². The largest absolute Gasteiger partial charge is 0.508 e. The molecule has 2 amide bonds. The maximum Gasteiger partial charge on any atom is 0.259 e. The van der Waals surface area contributed by atoms with E-state index in [0.29, 0.717) is 40.5 Å². The number of aromatic nitrogens is 1. The van der Waals surface area contributed by atoms with Crippen LogP contribution in [-0.4, -0.2) is 60.5 Å². The number of aryl methyl sites for hydroxylation is 1. The molecule has 3 aromatic heterocycles. The van der Waals surface area contributed by atoms with Crippen LogP contribution in [0.2, 0.25) is 0 Å². The fraction of sp³-hybridized carbons (Fsp3) is 0.282. The number of thiophene rings is 2. The molecule has 260 valence electrons. The third-order valence-electron chi connectivity index (χ3n) is 10.0. The lowest BCUT2D eigenvalue weighted by Gasteiger charge is -2.53. The monoisotopic (exact) mass is 722 g/mol. The molecule has 12 heteroatoms. The minimum absolute atomic E-state index is 0.0162. The first-order valence-corrected chi connectivity index (χ1v) is 18.6. The normalized spacial score (nSPS) is 16.2. The number of carbonyl (C=O) groups excluding carboxylic acids is 3. The van der Waals surface area contributed by atoms with Gasteiger partial charge in [-0.15, -0.1) is 22.7 Å². The van der Waals surface area contributed by atoms with E-state index in [9.17, 15) is 23.9 Å². The molecule has 2 aromatic carbocycles. The molecule has 2 fully saturated rings. The number of nitrogens with zero attached hydrogens (tertiary/aromatic N) is 3. The van der Waals surface area contributed by atoms with E-state index in [0.717, 1.165) is 65.7 Å². The highest BCUT2D eigenvalue weighted by atomic mass is 32.1. The van der Waals surface area contributed by atoms with Crippen molar-refractivity contribution < 1.29 is 28.6 Å². The van der Waals surface area contributed by atoms with Crippen molar-refractivity contribution in [2.75, 3.05) is 48.0 Å². The zero-order valence-corrected chi connectivity index (χ0v) is 29.5. The van der Waals surface area contributed by atoms with E-state index in [1.807, 2.05) is 30.5 Å². The molecule has 9 nitrogen and oxygen atoms in total. The number of nitrogens with one attached hydrogen (secondary N) is 1. The van der Waals surface area contributed by atoms with Crippen LogP contribution < -0.4 is 15.1 Å². The number of pyridine rings is 1. The Morgan fingerprint density at radius 2 is 1.82 bits per heavy atom. The van der Waals surface area contributed by atoms with Gasteiger partial charge in [-0.05, 0) is 97.3 Å². The van der Waals surface area contributed by atoms with Crippen LogP contribution in [0.25, 0.3) is 9.75 Å². The molecular weight excluding hydrogens is 688 g/mol. The molecule has 3 aliphatic heterocycles. The molecule has 0 saturated carbocycles. The number of phenolic OH excluding ortho intramolecular Hbond substituents is 1. The Morgan fingerprint density at radius 3 is 2.59 bits per heavy atom. The van der Waals surface area contributed by atoms with E-state index in [-0.39, 0.29) is 40.7 Å². The molecule has 2 N–H and O–H groups in total. The average Bonchev–Trinajstić information content (AvgIpc) is 3.74. The standard InChI is InChI=1S/C39H35FN4O5S2/c1-23-17-28(36(41-20-23)43-21-39(22-43)11-14-49-15-12-39)37(47)42-26-7-5-24(6-8-26)38(48)44-13-9-25-18-33(51-34(25)35-30(44)10-16-50-35)32(46)19-27-29(40)3-2-4-31(27)45/h2-8,10,16-18,20,45H,9,11-15,19,21-22H2,1H3,(H,42,47). The quantitative estimate of drug-likeness (QED) is 0.167. The first kappa shape index (κ1) is 33.2. The summed E-state index contributed by atoms with van der Waals surface area (Å²) in [7, 11) is 0. The first-order valence-electron chi connectivity index (χ1n) is 16.9. The summed E-state index contributed by atoms with van der Waals surface area (Å²) in [5, 5.41) is 15.0. The summed E-state index contributed by atoms with van der Waals surface area (Å²) in [6, 6.07) is 16.5. The number of Topliss-reactive ketones (excluding diaryl/α,β-unsaturated/α-hetero) is 1. The Morgan fingerprint density at radius 1 is 1.04 bits per heavy atom. The van der Waals surface area contributed by atoms with E-state index in [4.69, 9.17) is 4.74 Å². The summed E-state index contributed by atoms with van der Waals surface area (Å²) in [5.41, 5.74) is 4.41. The molecule has 0 radical (unpaired) electrons. The summed E-state index contributed by atoms with van der Waals surface area (Å²) in [5.74, 6) is -0.864. The Labute approximate surface area is 302 Å². The number of hydrogen-bond donors (Lipinski definition) is 2. The highest BCUT2D eigenvalue weighted by Crippen LogP contribution is 2.46. The maximum absolute atomic E-state index is 14.3. The van der Waals surface area contributed by atoms with Crippen molar-refractivity contribution >= 4 is 57.5 Å². The molecule has 6 heterocycles. The second kappa shape index (κ2) is 13.3. The van der Waals surface area contributed by atoms with Crippen molar-refractivity contribution in [3.63, 3.8) is 0 Å². The van der Waals surface area contributed by atoms with Crippen LogP contribution in [0.1, 0.15) is 59.9 Å². The van der Waals surface area contributed by atoms with Gasteiger partial charge in [-0.25, -0.2) is 9.37 Å². The predicted molar refractivity (Wildman–Crippen MR) is 197 cm³/mol. The van der Waals surface area contributed by atoms with Crippen LogP contribution in [-0.2, 0) is 17.6 Å². The minimum atomic E-state index is -0.616. The third-order valence-corrected chi connectivity index (χ3v) is 12.3. The molecule has 5 aromatic rings. The van der Waals surface area contributed by atoms with Crippen molar-refractivity contribution in [2.45, 2.75) is 32.6 Å². The van der Waals surface area contributed by atoms with E-state index in [2.05, 4.69) is 15.2 Å². The predicted octanol–water partition coefficient (Wildman–Crippen LogP) is 7.52. The lowest BCUT2D eigenvalue weighted by Crippen LogP contribution is -2.59. The van der Waals surface area contributed by atoms with Gasteiger partial charge in [0.25, 0.3) is 11.8 Å². The van der Waals surface area contributed by atoms with Gasteiger partial charge in [-0.1, -0.05) is 6.07 Å². The summed E-state index contributed by atoms with van der Waals surface area (Å²) >= 11 is 2.83. The van der Waals surface area contributed by atoms with Crippen LogP contribution in [0.4, 0.5) is 21.6 Å². The van der Waals surface area contributed by atoms with Crippen LogP contribution in [0.15, 0.2) is 72.2 Å². The Bertz CT molecular complexity index is 2140. The molecule has 8 rings (SSSR count). The number of ketones is 1. The van der Waals surface area contributed by atoms with Crippen LogP contribution >= 0.6 is 22.7 Å². The highest BCUT2D eigenvalue weighted by molar-refractivity contribution is 7.23. The molecular formula is C39H35FN4O5S2. The van der Waals surface area contributed by atoms with Crippen molar-refractivity contribution in [3.8, 4) is 15.5 Å². The summed E-state index contributed by atoms with van der Waals surface area (Å²) in [4.78, 5) is 51.5. The number of ether oxygens (including phenoxy) is 1. The lowest BCUT2D eigenvalue weighted by molar-refractivity contribution is -0.000511. The van der Waals surface area contributed by atoms with Gasteiger partial charge in [0.2, 0.25) is 0 Å². The number of anilines is 3. The van der Waals surface area contributed by atoms with Crippen molar-refractivity contribution in [2.24, 2.45) is 5.41 Å². The second-order valence-corrected chi connectivity index (χ2v) is 15.5. The molecule has 1 spiro atoms. The first-order chi connectivity index (χ1) is 24.7. The van der Waals surface area contributed by atoms with E-state index >= 15 is 0 Å². The Kier molecular flexibility index (Phi) is 8.69. The Balaban J connectivity index is 0.960. The number of phenols is 1. The van der Waals surface area contributed by atoms with Gasteiger partial charge in [-0.2, -0.15) is 0 Å². The van der Waals surface area contributed by atoms with E-state index in [1.54, 1.807) is 35.4 Å². The fourth-order valence-electron chi connectivity index (χ4n) is 7.23. The smallest absolute Gasteiger partial charge is 0.259 e. The molecule has 51 heavy (non-hydrogen) atoms. The highest BCUT2D eigenvalue weighted by Gasteiger charge is 2.45. The number of aromatic hydroxyl groups is 1. The molecule has 3 aliphatic rings. The van der Waals surface area contributed by atoms with Gasteiger partial charge < -0.3 is 25.0 Å². The zero-order valence-electron chi connectivity index (χ0n) is 27.9. The number of carbonyl (C=O) groups is 3. The summed E-state index contributed by atoms with van der Waals surface area (Å²) in [6.07, 6.45) is 4.13. The number of hydrogen-bond acceptors (Lipinski definition) is 9. The fourth-order valence-corrected chi connectivity index (χ4v) is 9.46. The SMILES string of the molecule is Cc1cnc(N2CC3(CCOCC3)C2)c(C(=O)Nc2ccc(C(=O)N3CCc4cc(C(=O)Cc5c(O)cccc5F)sc4-c4sccc43)cc2)c1. The molecule has 0 atom stereocenters. The minimum Gasteiger partial charge on any atom is -0.508 e. The lowest BCUT2D eigenvalue weighted by atomic mass is 9.73. The second-order valence-electron chi connectivity index (χ2n) is 13.5. The molecule has 0 unspecified atom stereocenters. The average molecular weight is 723 g/mol. The summed E-state index contributed by atoms with van der Waals surface area (Å²) < 4.78 is 19.9. The van der Waals surface area contributed by atoms with Gasteiger partial charge in [0, 0.05) is 67.7 Å². The topological polar surface area (TPSA) is 112 Å². The van der Waals surface area contributed by atoms with Gasteiger partial charge in [0.15, 0.2) is 5.78 Å². The van der Waals surface area contributed by atoms with Crippen molar-refractivity contribution in [3.05, 3.63) is 111 Å². The van der Waals surface area contributed by atoms with Crippen LogP contribution in [0, 0.1) is 18.2 Å². The van der Waals surface area contributed by atoms with Crippen molar-refractivity contribution in [1.82, 2.24) is 4.98 Å². The number of amides is 2. The van der Waals surface area contributed by atoms with E-state index < -0.39 is 5.82 Å². The number of halogens is 1. The number of fused-ring (bicyclic) bond motifs is 3. The summed E-state index contributed by atoms with van der Waals surface area (Å²) in [6.45, 7) is 5.60. The molecule has 2 saturated heterocycles. The molecule has 0 bridgehead atoms. The van der Waals surface area contributed by atoms with Gasteiger partial charge in [0.1, 0.15) is 17.4 Å². The van der Waals surface area contributed by atoms with E-state index in [1.165, 1.54) is 40.9 Å². The van der Waals surface area contributed by atoms with Gasteiger partial charge in [-0.3, -0.25) is 14.4 Å². The maximum atomic E-state index is 14.3. The van der Waals surface area contributed by atoms with Crippen LogP contribution in [0.5, 0.6) is 5.75 Å². The zero-order chi connectivity index (χ0) is 35.3. The number of rotatable bonds is 7.